The fourth-order valence-electron chi connectivity index (χ4n) is 3.99. The van der Waals surface area contributed by atoms with Gasteiger partial charge in [-0.3, -0.25) is 4.79 Å². The molecule has 8 nitrogen and oxygen atoms in total. The van der Waals surface area contributed by atoms with Crippen LogP contribution in [0.5, 0.6) is 5.75 Å². The van der Waals surface area contributed by atoms with Crippen LogP contribution >= 0.6 is 22.9 Å². The van der Waals surface area contributed by atoms with E-state index in [1.54, 1.807) is 48.1 Å². The van der Waals surface area contributed by atoms with Crippen molar-refractivity contribution in [2.45, 2.75) is 0 Å². The number of carbonyl (C=O) groups excluding carboxylic acids is 1. The fourth-order valence-corrected chi connectivity index (χ4v) is 5.01. The Bertz CT molecular complexity index is 1710. The Morgan fingerprint density at radius 3 is 2.55 bits per heavy atom. The molecule has 1 amide bonds. The molecule has 3 aromatic carbocycles. The molecular formula is C30H25ClF2N6O2S. The molecule has 12 heteroatoms. The van der Waals surface area contributed by atoms with Crippen LogP contribution in [-0.2, 0) is 0 Å². The molecule has 2 aromatic heterocycles. The number of rotatable bonds is 10. The molecule has 5 aromatic rings. The van der Waals surface area contributed by atoms with Gasteiger partial charge in [0.1, 0.15) is 29.6 Å². The van der Waals surface area contributed by atoms with Gasteiger partial charge in [0.2, 0.25) is 5.95 Å². The number of likely N-dealkylation sites (N-methyl/N-ethyl adjacent to an activating group) is 1. The molecule has 0 fully saturated rings. The molecule has 0 aliphatic carbocycles. The second-order valence-electron chi connectivity index (χ2n) is 9.35. The van der Waals surface area contributed by atoms with Crippen molar-refractivity contribution >= 4 is 46.2 Å². The Balaban J connectivity index is 1.33. The highest BCUT2D eigenvalue weighted by atomic mass is 35.5. The number of nitrogens with zero attached hydrogens (tertiary/aromatic N) is 4. The van der Waals surface area contributed by atoms with Gasteiger partial charge in [0.25, 0.3) is 5.91 Å². The molecule has 0 aliphatic rings. The number of hydrogen-bond donors (Lipinski definition) is 2. The molecule has 0 bridgehead atoms. The van der Waals surface area contributed by atoms with E-state index in [0.717, 1.165) is 23.6 Å². The maximum atomic E-state index is 14.1. The van der Waals surface area contributed by atoms with Crippen molar-refractivity contribution in [3.8, 4) is 27.6 Å². The van der Waals surface area contributed by atoms with Crippen molar-refractivity contribution in [2.24, 2.45) is 0 Å². The summed E-state index contributed by atoms with van der Waals surface area (Å²) in [7, 11) is 3.94. The smallest absolute Gasteiger partial charge is 0.261 e. The number of hydrogen-bond acceptors (Lipinski definition) is 8. The summed E-state index contributed by atoms with van der Waals surface area (Å²) >= 11 is 7.81. The lowest BCUT2D eigenvalue weighted by Gasteiger charge is -2.13. The Kier molecular flexibility index (Phi) is 9.01. The zero-order valence-electron chi connectivity index (χ0n) is 22.6. The first-order chi connectivity index (χ1) is 20.3. The van der Waals surface area contributed by atoms with Crippen LogP contribution < -0.4 is 15.4 Å². The number of carbonyl (C=O) groups is 1. The molecule has 214 valence electrons. The van der Waals surface area contributed by atoms with E-state index in [9.17, 15) is 13.6 Å². The molecule has 0 saturated heterocycles. The Labute approximate surface area is 250 Å². The van der Waals surface area contributed by atoms with E-state index in [4.69, 9.17) is 16.3 Å². The number of ether oxygens (including phenoxy) is 1. The molecule has 0 unspecified atom stereocenters. The summed E-state index contributed by atoms with van der Waals surface area (Å²) in [6.45, 7) is 1.28. The zero-order chi connectivity index (χ0) is 29.6. The van der Waals surface area contributed by atoms with Gasteiger partial charge in [-0.2, -0.15) is 0 Å². The summed E-state index contributed by atoms with van der Waals surface area (Å²) in [5, 5.41) is 6.19. The van der Waals surface area contributed by atoms with Gasteiger partial charge in [-0.15, -0.1) is 11.3 Å². The number of thiazole rings is 1. The molecule has 5 rings (SSSR count). The molecule has 0 aliphatic heterocycles. The van der Waals surface area contributed by atoms with E-state index in [-0.39, 0.29) is 0 Å². The lowest BCUT2D eigenvalue weighted by atomic mass is 10.1. The van der Waals surface area contributed by atoms with Crippen LogP contribution in [0.15, 0.2) is 78.4 Å². The minimum atomic E-state index is -0.940. The second-order valence-corrected chi connectivity index (χ2v) is 10.6. The number of benzene rings is 3. The first-order valence-corrected chi connectivity index (χ1v) is 14.0. The second kappa shape index (κ2) is 13.0. The highest BCUT2D eigenvalue weighted by Crippen LogP contribution is 2.35. The van der Waals surface area contributed by atoms with Crippen molar-refractivity contribution in [3.63, 3.8) is 0 Å². The maximum Gasteiger partial charge on any atom is 0.261 e. The van der Waals surface area contributed by atoms with Crippen molar-refractivity contribution in [2.75, 3.05) is 37.9 Å². The van der Waals surface area contributed by atoms with E-state index in [1.165, 1.54) is 17.4 Å². The van der Waals surface area contributed by atoms with Crippen LogP contribution in [0.25, 0.3) is 21.8 Å². The van der Waals surface area contributed by atoms with Crippen molar-refractivity contribution < 1.29 is 18.3 Å². The SMILES string of the molecule is CN(C)CCOc1ccc(Nc2nccc(-c3scnc3-c3cccc(NC(=O)c4c(F)cccc4F)c3)n2)cc1Cl. The number of aromatic nitrogens is 3. The van der Waals surface area contributed by atoms with Crippen LogP contribution in [0.1, 0.15) is 10.4 Å². The third kappa shape index (κ3) is 6.88. The molecule has 2 heterocycles. The van der Waals surface area contributed by atoms with Crippen molar-refractivity contribution in [3.05, 3.63) is 101 Å². The van der Waals surface area contributed by atoms with Gasteiger partial charge in [0.05, 0.1) is 26.8 Å². The topological polar surface area (TPSA) is 92.3 Å². The molecule has 0 spiro atoms. The minimum Gasteiger partial charge on any atom is -0.491 e. The Morgan fingerprint density at radius 2 is 1.79 bits per heavy atom. The number of amides is 1. The summed E-state index contributed by atoms with van der Waals surface area (Å²) in [5.41, 5.74) is 4.03. The number of anilines is 3. The van der Waals surface area contributed by atoms with E-state index >= 15 is 0 Å². The quantitative estimate of drug-likeness (QED) is 0.175. The number of halogens is 3. The van der Waals surface area contributed by atoms with Gasteiger partial charge >= 0.3 is 0 Å². The fraction of sp³-hybridized carbons (Fsp3) is 0.133. The molecule has 2 N–H and O–H groups in total. The molecular weight excluding hydrogens is 582 g/mol. The predicted molar refractivity (Wildman–Crippen MR) is 162 cm³/mol. The lowest BCUT2D eigenvalue weighted by molar-refractivity contribution is 0.101. The van der Waals surface area contributed by atoms with E-state index in [1.807, 2.05) is 31.1 Å². The molecule has 42 heavy (non-hydrogen) atoms. The monoisotopic (exact) mass is 606 g/mol. The molecule has 0 saturated carbocycles. The van der Waals surface area contributed by atoms with Crippen LogP contribution in [-0.4, -0.2) is 53.0 Å². The lowest BCUT2D eigenvalue weighted by Crippen LogP contribution is -2.19. The van der Waals surface area contributed by atoms with Gasteiger partial charge in [-0.25, -0.2) is 23.7 Å². The Hall–Kier alpha value is -4.45. The van der Waals surface area contributed by atoms with Crippen LogP contribution in [0, 0.1) is 11.6 Å². The van der Waals surface area contributed by atoms with Crippen LogP contribution in [0.3, 0.4) is 0 Å². The van der Waals surface area contributed by atoms with Gasteiger partial charge < -0.3 is 20.3 Å². The normalized spacial score (nSPS) is 11.0. The van der Waals surface area contributed by atoms with E-state index < -0.39 is 23.1 Å². The third-order valence-corrected chi connectivity index (χ3v) is 7.17. The zero-order valence-corrected chi connectivity index (χ0v) is 24.1. The standard InChI is InChI=1S/C30H25ClF2N6O2S/c1-39(2)13-14-41-25-10-9-20(16-21(25)31)37-30-34-12-11-24(38-30)28-27(35-17-42-28)18-5-3-6-19(15-18)36-29(40)26-22(32)7-4-8-23(26)33/h3-12,15-17H,13-14H2,1-2H3,(H,36,40)(H,34,37,38). The van der Waals surface area contributed by atoms with Crippen molar-refractivity contribution in [1.29, 1.82) is 0 Å². The van der Waals surface area contributed by atoms with E-state index in [2.05, 4.69) is 25.6 Å². The third-order valence-electron chi connectivity index (χ3n) is 6.02. The highest BCUT2D eigenvalue weighted by Gasteiger charge is 2.18. The average molecular weight is 607 g/mol. The minimum absolute atomic E-state index is 0.357. The summed E-state index contributed by atoms with van der Waals surface area (Å²) in [6.07, 6.45) is 1.63. The van der Waals surface area contributed by atoms with Crippen LogP contribution in [0.4, 0.5) is 26.1 Å². The maximum absolute atomic E-state index is 14.1. The summed E-state index contributed by atoms with van der Waals surface area (Å²) in [5.74, 6) is -1.82. The predicted octanol–water partition coefficient (Wildman–Crippen LogP) is 7.14. The average Bonchev–Trinajstić information content (AvgIpc) is 3.45. The largest absolute Gasteiger partial charge is 0.491 e. The molecule has 0 radical (unpaired) electrons. The first kappa shape index (κ1) is 29.1. The summed E-state index contributed by atoms with van der Waals surface area (Å²) < 4.78 is 33.9. The summed E-state index contributed by atoms with van der Waals surface area (Å²) in [6, 6.07) is 17.3. The van der Waals surface area contributed by atoms with Gasteiger partial charge in [-0.1, -0.05) is 29.8 Å². The Morgan fingerprint density at radius 1 is 1.00 bits per heavy atom. The van der Waals surface area contributed by atoms with Gasteiger partial charge in [0, 0.05) is 29.7 Å². The highest BCUT2D eigenvalue weighted by molar-refractivity contribution is 7.13. The number of nitrogens with one attached hydrogen (secondary N) is 2. The van der Waals surface area contributed by atoms with E-state index in [0.29, 0.717) is 51.7 Å². The van der Waals surface area contributed by atoms with Gasteiger partial charge in [0.15, 0.2) is 0 Å². The first-order valence-electron chi connectivity index (χ1n) is 12.8. The van der Waals surface area contributed by atoms with Crippen LogP contribution in [0.2, 0.25) is 5.02 Å². The molecule has 0 atom stereocenters. The van der Waals surface area contributed by atoms with Gasteiger partial charge in [-0.05, 0) is 62.6 Å². The van der Waals surface area contributed by atoms with Crippen molar-refractivity contribution in [1.82, 2.24) is 19.9 Å². The summed E-state index contributed by atoms with van der Waals surface area (Å²) in [4.78, 5) is 28.9.